The summed E-state index contributed by atoms with van der Waals surface area (Å²) < 4.78 is 0. The van der Waals surface area contributed by atoms with Gasteiger partial charge in [0.1, 0.15) is 11.1 Å². The number of phenols is 4. The number of carbonyl (C=O) groups is 2. The molecule has 2 rings (SSSR count). The molecule has 0 atom stereocenters. The van der Waals surface area contributed by atoms with Crippen LogP contribution < -0.4 is 0 Å². The highest BCUT2D eigenvalue weighted by Gasteiger charge is 2.41. The van der Waals surface area contributed by atoms with Gasteiger partial charge in [-0.15, -0.1) is 0 Å². The van der Waals surface area contributed by atoms with E-state index in [-0.39, 0.29) is 0 Å². The molecule has 7 nitrogen and oxygen atoms in total. The Bertz CT molecular complexity index is 489. The average Bonchev–Trinajstić information content (AvgIpc) is 2.48. The Balaban J connectivity index is 2.91. The maximum Gasteiger partial charge on any atom is 0.265 e. The first-order chi connectivity index (χ1) is 7.37. The van der Waals surface area contributed by atoms with E-state index in [1.807, 2.05) is 0 Å². The molecular weight excluding hydrogens is 218 g/mol. The summed E-state index contributed by atoms with van der Waals surface area (Å²) in [6.45, 7) is 0. The Morgan fingerprint density at radius 3 is 1.38 bits per heavy atom. The van der Waals surface area contributed by atoms with E-state index < -0.39 is 45.9 Å². The number of imide groups is 1. The largest absolute Gasteiger partial charge is 0.504 e. The lowest BCUT2D eigenvalue weighted by atomic mass is 10.1. The van der Waals surface area contributed by atoms with Gasteiger partial charge in [0.25, 0.3) is 11.8 Å². The first-order valence-electron chi connectivity index (χ1n) is 4.20. The quantitative estimate of drug-likeness (QED) is 0.274. The fourth-order valence-electron chi connectivity index (χ4n) is 1.54. The number of carbonyl (C=O) groups excluding carboxylic acids is 2. The van der Waals surface area contributed by atoms with Crippen LogP contribution in [0.15, 0.2) is 0 Å². The van der Waals surface area contributed by atoms with Crippen LogP contribution in [0.2, 0.25) is 0 Å². The average molecular weight is 225 g/mol. The van der Waals surface area contributed by atoms with Gasteiger partial charge < -0.3 is 20.4 Å². The number of phenolic OH excluding ortho intramolecular Hbond substituents is 4. The lowest BCUT2D eigenvalue weighted by Crippen LogP contribution is -2.24. The van der Waals surface area contributed by atoms with Gasteiger partial charge in [-0.3, -0.25) is 14.5 Å². The van der Waals surface area contributed by atoms with Crippen LogP contribution in [0.25, 0.3) is 0 Å². The van der Waals surface area contributed by atoms with E-state index in [1.165, 1.54) is 0 Å². The smallest absolute Gasteiger partial charge is 0.265 e. The van der Waals surface area contributed by atoms with Crippen molar-refractivity contribution in [2.45, 2.75) is 0 Å². The van der Waals surface area contributed by atoms with Crippen molar-refractivity contribution in [1.29, 1.82) is 0 Å². The molecule has 0 fully saturated rings. The molecule has 0 aromatic heterocycles. The fraction of sp³-hybridized carbons (Fsp3) is 0.111. The fourth-order valence-corrected chi connectivity index (χ4v) is 1.54. The highest BCUT2D eigenvalue weighted by Crippen LogP contribution is 2.49. The highest BCUT2D eigenvalue weighted by atomic mass is 16.3. The van der Waals surface area contributed by atoms with Gasteiger partial charge in [-0.2, -0.15) is 0 Å². The molecule has 1 heterocycles. The van der Waals surface area contributed by atoms with E-state index in [9.17, 15) is 30.0 Å². The van der Waals surface area contributed by atoms with Gasteiger partial charge >= 0.3 is 0 Å². The topological polar surface area (TPSA) is 118 Å². The third-order valence-electron chi connectivity index (χ3n) is 2.43. The van der Waals surface area contributed by atoms with Crippen molar-refractivity contribution in [3.05, 3.63) is 11.1 Å². The SMILES string of the molecule is CN1C(=O)c2c(O)c(O)c(O)c(O)c2C1=O. The maximum atomic E-state index is 11.5. The normalized spacial score (nSPS) is 14.4. The molecule has 7 heteroatoms. The number of aromatic hydroxyl groups is 4. The van der Waals surface area contributed by atoms with Crippen molar-refractivity contribution in [2.75, 3.05) is 7.05 Å². The summed E-state index contributed by atoms with van der Waals surface area (Å²) >= 11 is 0. The van der Waals surface area contributed by atoms with Crippen molar-refractivity contribution >= 4 is 11.8 Å². The number of hydrogen-bond acceptors (Lipinski definition) is 6. The summed E-state index contributed by atoms with van der Waals surface area (Å²) in [6, 6.07) is 0. The first kappa shape index (κ1) is 10.1. The summed E-state index contributed by atoms with van der Waals surface area (Å²) in [4.78, 5) is 23.6. The van der Waals surface area contributed by atoms with Crippen molar-refractivity contribution in [1.82, 2.24) is 4.90 Å². The number of amides is 2. The molecule has 1 aliphatic rings. The van der Waals surface area contributed by atoms with Gasteiger partial charge in [-0.05, 0) is 0 Å². The standard InChI is InChI=1S/C9H7NO6/c1-10-8(15)2-3(9(10)16)5(12)7(14)6(13)4(2)11/h11-14H,1H3. The zero-order valence-corrected chi connectivity index (χ0v) is 8.05. The third-order valence-corrected chi connectivity index (χ3v) is 2.43. The van der Waals surface area contributed by atoms with Gasteiger partial charge in [-0.25, -0.2) is 0 Å². The van der Waals surface area contributed by atoms with Crippen LogP contribution in [-0.4, -0.2) is 44.2 Å². The van der Waals surface area contributed by atoms with E-state index in [0.717, 1.165) is 7.05 Å². The lowest BCUT2D eigenvalue weighted by molar-refractivity contribution is 0.0691. The first-order valence-corrected chi connectivity index (χ1v) is 4.20. The number of fused-ring (bicyclic) bond motifs is 1. The number of hydrogen-bond donors (Lipinski definition) is 4. The molecule has 16 heavy (non-hydrogen) atoms. The predicted octanol–water partition coefficient (Wildman–Crippen LogP) is -0.265. The van der Waals surface area contributed by atoms with Gasteiger partial charge in [0, 0.05) is 7.05 Å². The highest BCUT2D eigenvalue weighted by molar-refractivity contribution is 6.24. The van der Waals surface area contributed by atoms with Crippen LogP contribution in [0.3, 0.4) is 0 Å². The molecule has 0 saturated heterocycles. The molecule has 2 amide bonds. The van der Waals surface area contributed by atoms with E-state index in [1.54, 1.807) is 0 Å². The van der Waals surface area contributed by atoms with Crippen molar-refractivity contribution in [3.8, 4) is 23.0 Å². The Hall–Kier alpha value is -2.44. The Morgan fingerprint density at radius 1 is 0.750 bits per heavy atom. The van der Waals surface area contributed by atoms with Crippen molar-refractivity contribution < 1.29 is 30.0 Å². The second-order valence-electron chi connectivity index (χ2n) is 3.31. The Kier molecular flexibility index (Phi) is 1.75. The Labute approximate surface area is 88.8 Å². The summed E-state index contributed by atoms with van der Waals surface area (Å²) in [5.41, 5.74) is -1.03. The van der Waals surface area contributed by atoms with Crippen LogP contribution in [0.5, 0.6) is 23.0 Å². The van der Waals surface area contributed by atoms with Crippen molar-refractivity contribution in [3.63, 3.8) is 0 Å². The molecule has 1 aliphatic heterocycles. The molecule has 0 bridgehead atoms. The van der Waals surface area contributed by atoms with E-state index in [2.05, 4.69) is 0 Å². The molecule has 4 N–H and O–H groups in total. The molecule has 0 saturated carbocycles. The van der Waals surface area contributed by atoms with E-state index in [4.69, 9.17) is 0 Å². The molecule has 84 valence electrons. The molecule has 0 spiro atoms. The summed E-state index contributed by atoms with van der Waals surface area (Å²) in [5, 5.41) is 37.2. The van der Waals surface area contributed by atoms with Gasteiger partial charge in [-0.1, -0.05) is 0 Å². The van der Waals surface area contributed by atoms with Crippen LogP contribution in [-0.2, 0) is 0 Å². The number of benzene rings is 1. The minimum Gasteiger partial charge on any atom is -0.504 e. The van der Waals surface area contributed by atoms with Crippen LogP contribution >= 0.6 is 0 Å². The molecule has 0 radical (unpaired) electrons. The monoisotopic (exact) mass is 225 g/mol. The molecule has 0 unspecified atom stereocenters. The molecule has 1 aromatic rings. The van der Waals surface area contributed by atoms with E-state index >= 15 is 0 Å². The second kappa shape index (κ2) is 2.78. The molecule has 0 aliphatic carbocycles. The van der Waals surface area contributed by atoms with Crippen LogP contribution in [0.1, 0.15) is 20.7 Å². The zero-order chi connectivity index (χ0) is 12.2. The Morgan fingerprint density at radius 2 is 1.06 bits per heavy atom. The minimum absolute atomic E-state index is 0.514. The van der Waals surface area contributed by atoms with Gasteiger partial charge in [0.2, 0.25) is 11.5 Å². The van der Waals surface area contributed by atoms with E-state index in [0.29, 0.717) is 4.90 Å². The predicted molar refractivity (Wildman–Crippen MR) is 49.5 cm³/mol. The second-order valence-corrected chi connectivity index (χ2v) is 3.31. The van der Waals surface area contributed by atoms with Gasteiger partial charge in [0.15, 0.2) is 11.5 Å². The van der Waals surface area contributed by atoms with Crippen LogP contribution in [0.4, 0.5) is 0 Å². The molecule has 1 aromatic carbocycles. The number of nitrogens with zero attached hydrogens (tertiary/aromatic N) is 1. The maximum absolute atomic E-state index is 11.5. The zero-order valence-electron chi connectivity index (χ0n) is 8.05. The summed E-state index contributed by atoms with van der Waals surface area (Å²) in [6.07, 6.45) is 0. The lowest BCUT2D eigenvalue weighted by Gasteiger charge is -2.06. The van der Waals surface area contributed by atoms with Crippen LogP contribution in [0, 0.1) is 0 Å². The molecular formula is C9H7NO6. The number of rotatable bonds is 0. The summed E-state index contributed by atoms with van der Waals surface area (Å²) in [7, 11) is 1.15. The van der Waals surface area contributed by atoms with Crippen molar-refractivity contribution in [2.24, 2.45) is 0 Å². The third kappa shape index (κ3) is 0.914. The minimum atomic E-state index is -1.03. The summed E-state index contributed by atoms with van der Waals surface area (Å²) in [5.74, 6) is -5.63. The van der Waals surface area contributed by atoms with Gasteiger partial charge in [0.05, 0.1) is 0 Å².